The zero-order chi connectivity index (χ0) is 12.6. The standard InChI is InChI=1S/C12H15F3S/c1-11(2,3)9-6-5-8(12(13,14)15)7-10(9)16-4/h5-7H,1-4H3. The lowest BCUT2D eigenvalue weighted by molar-refractivity contribution is -0.137. The molecule has 0 aliphatic rings. The van der Waals surface area contributed by atoms with Crippen LogP contribution < -0.4 is 0 Å². The molecule has 4 heteroatoms. The average Bonchev–Trinajstić information content (AvgIpc) is 2.14. The number of rotatable bonds is 1. The molecule has 0 saturated heterocycles. The lowest BCUT2D eigenvalue weighted by Gasteiger charge is -2.23. The summed E-state index contributed by atoms with van der Waals surface area (Å²) in [5, 5.41) is 0. The molecule has 0 radical (unpaired) electrons. The molecule has 0 bridgehead atoms. The van der Waals surface area contributed by atoms with Crippen LogP contribution in [0, 0.1) is 0 Å². The molecule has 1 aromatic carbocycles. The highest BCUT2D eigenvalue weighted by Gasteiger charge is 2.31. The first-order chi connectivity index (χ1) is 7.16. The second kappa shape index (κ2) is 4.32. The second-order valence-corrected chi connectivity index (χ2v) is 5.51. The van der Waals surface area contributed by atoms with E-state index in [0.717, 1.165) is 11.6 Å². The van der Waals surface area contributed by atoms with Crippen LogP contribution in [0.15, 0.2) is 23.1 Å². The fourth-order valence-corrected chi connectivity index (χ4v) is 2.33. The van der Waals surface area contributed by atoms with Gasteiger partial charge in [0.2, 0.25) is 0 Å². The van der Waals surface area contributed by atoms with Crippen LogP contribution in [0.2, 0.25) is 0 Å². The summed E-state index contributed by atoms with van der Waals surface area (Å²) >= 11 is 1.35. The van der Waals surface area contributed by atoms with Crippen molar-refractivity contribution in [1.82, 2.24) is 0 Å². The number of halogens is 3. The first kappa shape index (κ1) is 13.4. The van der Waals surface area contributed by atoms with Crippen molar-refractivity contribution in [3.05, 3.63) is 29.3 Å². The third-order valence-corrected chi connectivity index (χ3v) is 3.11. The van der Waals surface area contributed by atoms with Crippen LogP contribution >= 0.6 is 11.8 Å². The molecular weight excluding hydrogens is 233 g/mol. The van der Waals surface area contributed by atoms with E-state index >= 15 is 0 Å². The topological polar surface area (TPSA) is 0 Å². The Morgan fingerprint density at radius 3 is 2.00 bits per heavy atom. The largest absolute Gasteiger partial charge is 0.416 e. The summed E-state index contributed by atoms with van der Waals surface area (Å²) in [5.74, 6) is 0. The van der Waals surface area contributed by atoms with Gasteiger partial charge in [-0.3, -0.25) is 0 Å². The highest BCUT2D eigenvalue weighted by atomic mass is 32.2. The molecule has 0 heterocycles. The number of hydrogen-bond acceptors (Lipinski definition) is 1. The molecule has 16 heavy (non-hydrogen) atoms. The molecule has 0 aliphatic heterocycles. The summed E-state index contributed by atoms with van der Waals surface area (Å²) in [7, 11) is 0. The Kier molecular flexibility index (Phi) is 3.62. The third-order valence-electron chi connectivity index (χ3n) is 2.34. The Morgan fingerprint density at radius 1 is 1.06 bits per heavy atom. The van der Waals surface area contributed by atoms with Gasteiger partial charge in [0, 0.05) is 4.90 Å². The fraction of sp³-hybridized carbons (Fsp3) is 0.500. The Morgan fingerprint density at radius 2 is 1.62 bits per heavy atom. The molecule has 1 rings (SSSR count). The Hall–Kier alpha value is -0.640. The summed E-state index contributed by atoms with van der Waals surface area (Å²) in [6.45, 7) is 5.99. The maximum absolute atomic E-state index is 12.5. The van der Waals surface area contributed by atoms with Gasteiger partial charge in [-0.25, -0.2) is 0 Å². The maximum atomic E-state index is 12.5. The van der Waals surface area contributed by atoms with Crippen molar-refractivity contribution in [3.8, 4) is 0 Å². The Bertz CT molecular complexity index is 375. The smallest absolute Gasteiger partial charge is 0.166 e. The molecule has 0 N–H and O–H groups in total. The van der Waals surface area contributed by atoms with E-state index in [9.17, 15) is 13.2 Å². The van der Waals surface area contributed by atoms with Crippen LogP contribution in [0.4, 0.5) is 13.2 Å². The van der Waals surface area contributed by atoms with E-state index in [2.05, 4.69) is 0 Å². The van der Waals surface area contributed by atoms with Gasteiger partial charge in [0.05, 0.1) is 5.56 Å². The van der Waals surface area contributed by atoms with Gasteiger partial charge in [-0.05, 0) is 29.4 Å². The van der Waals surface area contributed by atoms with Crippen LogP contribution in [-0.4, -0.2) is 6.26 Å². The number of alkyl halides is 3. The molecule has 0 spiro atoms. The minimum atomic E-state index is -4.26. The normalized spacial score (nSPS) is 12.9. The highest BCUT2D eigenvalue weighted by molar-refractivity contribution is 7.98. The van der Waals surface area contributed by atoms with Crippen LogP contribution in [0.3, 0.4) is 0 Å². The van der Waals surface area contributed by atoms with Gasteiger partial charge in [0.25, 0.3) is 0 Å². The molecule has 0 nitrogen and oxygen atoms in total. The zero-order valence-electron chi connectivity index (χ0n) is 9.77. The molecule has 0 aromatic heterocycles. The van der Waals surface area contributed by atoms with E-state index in [1.165, 1.54) is 17.8 Å². The number of benzene rings is 1. The number of thioether (sulfide) groups is 1. The predicted molar refractivity (Wildman–Crippen MR) is 61.9 cm³/mol. The second-order valence-electron chi connectivity index (χ2n) is 4.66. The maximum Gasteiger partial charge on any atom is 0.416 e. The summed E-state index contributed by atoms with van der Waals surface area (Å²) in [5.41, 5.74) is 0.237. The SMILES string of the molecule is CSc1cc(C(F)(F)F)ccc1C(C)(C)C. The third kappa shape index (κ3) is 2.94. The molecule has 0 atom stereocenters. The first-order valence-corrected chi connectivity index (χ1v) is 6.14. The van der Waals surface area contributed by atoms with Crippen LogP contribution in [0.25, 0.3) is 0 Å². The van der Waals surface area contributed by atoms with E-state index in [0.29, 0.717) is 4.90 Å². The number of hydrogen-bond donors (Lipinski definition) is 0. The van der Waals surface area contributed by atoms with Gasteiger partial charge in [-0.2, -0.15) is 13.2 Å². The van der Waals surface area contributed by atoms with E-state index in [4.69, 9.17) is 0 Å². The van der Waals surface area contributed by atoms with Gasteiger partial charge < -0.3 is 0 Å². The molecule has 90 valence electrons. The quantitative estimate of drug-likeness (QED) is 0.648. The average molecular weight is 248 g/mol. The summed E-state index contributed by atoms with van der Waals surface area (Å²) in [6, 6.07) is 3.96. The van der Waals surface area contributed by atoms with Crippen LogP contribution in [-0.2, 0) is 11.6 Å². The van der Waals surface area contributed by atoms with Crippen molar-refractivity contribution in [1.29, 1.82) is 0 Å². The van der Waals surface area contributed by atoms with Crippen LogP contribution in [0.5, 0.6) is 0 Å². The van der Waals surface area contributed by atoms with Crippen molar-refractivity contribution < 1.29 is 13.2 Å². The Labute approximate surface area is 98.2 Å². The van der Waals surface area contributed by atoms with Crippen molar-refractivity contribution in [3.63, 3.8) is 0 Å². The van der Waals surface area contributed by atoms with Crippen molar-refractivity contribution in [2.45, 2.75) is 37.3 Å². The van der Waals surface area contributed by atoms with Gasteiger partial charge in [0.1, 0.15) is 0 Å². The van der Waals surface area contributed by atoms with Crippen molar-refractivity contribution >= 4 is 11.8 Å². The molecule has 0 aliphatic carbocycles. The molecule has 0 fully saturated rings. The minimum absolute atomic E-state index is 0.136. The van der Waals surface area contributed by atoms with Crippen LogP contribution in [0.1, 0.15) is 31.9 Å². The summed E-state index contributed by atoms with van der Waals surface area (Å²) in [6.07, 6.45) is -2.47. The lowest BCUT2D eigenvalue weighted by atomic mass is 9.86. The van der Waals surface area contributed by atoms with Gasteiger partial charge in [-0.1, -0.05) is 26.8 Å². The zero-order valence-corrected chi connectivity index (χ0v) is 10.6. The predicted octanol–water partition coefficient (Wildman–Crippen LogP) is 4.72. The van der Waals surface area contributed by atoms with Gasteiger partial charge in [0.15, 0.2) is 0 Å². The minimum Gasteiger partial charge on any atom is -0.166 e. The molecule has 0 amide bonds. The van der Waals surface area contributed by atoms with E-state index in [1.807, 2.05) is 20.8 Å². The molecule has 1 aromatic rings. The van der Waals surface area contributed by atoms with E-state index in [1.54, 1.807) is 12.3 Å². The molecule has 0 saturated carbocycles. The van der Waals surface area contributed by atoms with Gasteiger partial charge >= 0.3 is 6.18 Å². The van der Waals surface area contributed by atoms with Crippen molar-refractivity contribution in [2.75, 3.05) is 6.26 Å². The highest BCUT2D eigenvalue weighted by Crippen LogP contribution is 2.36. The first-order valence-electron chi connectivity index (χ1n) is 4.92. The molecule has 0 unspecified atom stereocenters. The molecular formula is C12H15F3S. The van der Waals surface area contributed by atoms with Crippen molar-refractivity contribution in [2.24, 2.45) is 0 Å². The lowest BCUT2D eigenvalue weighted by Crippen LogP contribution is -2.14. The van der Waals surface area contributed by atoms with E-state index < -0.39 is 11.7 Å². The fourth-order valence-electron chi connectivity index (χ4n) is 1.49. The monoisotopic (exact) mass is 248 g/mol. The Balaban J connectivity index is 3.28. The summed E-state index contributed by atoms with van der Waals surface area (Å²) < 4.78 is 37.6. The van der Waals surface area contributed by atoms with E-state index in [-0.39, 0.29) is 5.41 Å². The summed E-state index contributed by atoms with van der Waals surface area (Å²) in [4.78, 5) is 0.697. The van der Waals surface area contributed by atoms with Gasteiger partial charge in [-0.15, -0.1) is 11.8 Å².